The Morgan fingerprint density at radius 2 is 1.62 bits per heavy atom. The summed E-state index contributed by atoms with van der Waals surface area (Å²) in [6.45, 7) is -1.22. The predicted molar refractivity (Wildman–Crippen MR) is 63.1 cm³/mol. The van der Waals surface area contributed by atoms with Gasteiger partial charge in [-0.2, -0.15) is 8.78 Å². The molecule has 0 heterocycles. The van der Waals surface area contributed by atoms with E-state index in [0.29, 0.717) is 12.8 Å². The highest BCUT2D eigenvalue weighted by Crippen LogP contribution is 2.25. The Kier molecular flexibility index (Phi) is 6.02. The SMILES string of the molecule is O=C(OCCOC(=O)C(F)(F)S(=O)(=O)[O-])C1CCCCC1. The maximum atomic E-state index is 12.7. The fourth-order valence-electron chi connectivity index (χ4n) is 1.92. The van der Waals surface area contributed by atoms with Crippen LogP contribution >= 0.6 is 0 Å². The Hall–Kier alpha value is -1.29. The van der Waals surface area contributed by atoms with E-state index in [0.717, 1.165) is 19.3 Å². The van der Waals surface area contributed by atoms with Crippen molar-refractivity contribution in [3.8, 4) is 0 Å². The molecule has 1 fully saturated rings. The van der Waals surface area contributed by atoms with Crippen molar-refractivity contribution in [2.75, 3.05) is 13.2 Å². The van der Waals surface area contributed by atoms with Crippen molar-refractivity contribution in [2.24, 2.45) is 5.92 Å². The maximum Gasteiger partial charge on any atom is 0.428 e. The van der Waals surface area contributed by atoms with E-state index >= 15 is 0 Å². The van der Waals surface area contributed by atoms with Crippen LogP contribution in [0.25, 0.3) is 0 Å². The van der Waals surface area contributed by atoms with Gasteiger partial charge in [-0.3, -0.25) is 4.79 Å². The quantitative estimate of drug-likeness (QED) is 0.402. The van der Waals surface area contributed by atoms with E-state index in [1.807, 2.05) is 0 Å². The van der Waals surface area contributed by atoms with Gasteiger partial charge in [0.2, 0.25) is 0 Å². The Morgan fingerprint density at radius 1 is 1.10 bits per heavy atom. The highest BCUT2D eigenvalue weighted by atomic mass is 32.2. The van der Waals surface area contributed by atoms with Gasteiger partial charge in [-0.15, -0.1) is 0 Å². The number of hydrogen-bond donors (Lipinski definition) is 0. The first-order valence-electron chi connectivity index (χ1n) is 6.33. The highest BCUT2D eigenvalue weighted by molar-refractivity contribution is 7.87. The number of carbonyl (C=O) groups excluding carboxylic acids is 2. The van der Waals surface area contributed by atoms with Gasteiger partial charge in [0.15, 0.2) is 10.1 Å². The first kappa shape index (κ1) is 17.8. The summed E-state index contributed by atoms with van der Waals surface area (Å²) in [5.74, 6) is -3.24. The molecule has 10 heteroatoms. The van der Waals surface area contributed by atoms with E-state index in [1.165, 1.54) is 0 Å². The number of halogens is 2. The molecule has 1 aliphatic carbocycles. The molecular formula is C11H15F2O7S-. The van der Waals surface area contributed by atoms with E-state index in [4.69, 9.17) is 4.74 Å². The van der Waals surface area contributed by atoms with Gasteiger partial charge in [0.25, 0.3) is 0 Å². The van der Waals surface area contributed by atoms with E-state index in [1.54, 1.807) is 0 Å². The zero-order valence-electron chi connectivity index (χ0n) is 11.0. The number of rotatable bonds is 6. The van der Waals surface area contributed by atoms with Gasteiger partial charge in [-0.05, 0) is 12.8 Å². The molecule has 7 nitrogen and oxygen atoms in total. The third-order valence-electron chi connectivity index (χ3n) is 3.05. The molecule has 0 atom stereocenters. The summed E-state index contributed by atoms with van der Waals surface area (Å²) in [4.78, 5) is 22.3. The van der Waals surface area contributed by atoms with Crippen LogP contribution in [0.5, 0.6) is 0 Å². The summed E-state index contributed by atoms with van der Waals surface area (Å²) < 4.78 is 64.6. The smallest absolute Gasteiger partial charge is 0.428 e. The van der Waals surface area contributed by atoms with Crippen LogP contribution in [0.4, 0.5) is 8.78 Å². The minimum atomic E-state index is -6.14. The lowest BCUT2D eigenvalue weighted by Crippen LogP contribution is -2.39. The molecule has 0 bridgehead atoms. The van der Waals surface area contributed by atoms with E-state index < -0.39 is 40.5 Å². The van der Waals surface area contributed by atoms with Gasteiger partial charge in [0, 0.05) is 0 Å². The first-order chi connectivity index (χ1) is 9.66. The van der Waals surface area contributed by atoms with Crippen LogP contribution in [-0.2, 0) is 29.2 Å². The van der Waals surface area contributed by atoms with Crippen molar-refractivity contribution in [3.63, 3.8) is 0 Å². The fourth-order valence-corrected chi connectivity index (χ4v) is 2.18. The van der Waals surface area contributed by atoms with Gasteiger partial charge < -0.3 is 14.0 Å². The topological polar surface area (TPSA) is 110 Å². The summed E-state index contributed by atoms with van der Waals surface area (Å²) in [5, 5.41) is -5.15. The van der Waals surface area contributed by atoms with Crippen molar-refractivity contribution in [1.82, 2.24) is 0 Å². The molecule has 0 aliphatic heterocycles. The van der Waals surface area contributed by atoms with Gasteiger partial charge in [0.05, 0.1) is 5.92 Å². The van der Waals surface area contributed by atoms with Crippen LogP contribution in [0.15, 0.2) is 0 Å². The number of esters is 2. The lowest BCUT2D eigenvalue weighted by molar-refractivity contribution is -0.166. The molecule has 0 unspecified atom stereocenters. The van der Waals surface area contributed by atoms with E-state index in [2.05, 4.69) is 4.74 Å². The van der Waals surface area contributed by atoms with Crippen molar-refractivity contribution in [1.29, 1.82) is 0 Å². The third kappa shape index (κ3) is 4.88. The Morgan fingerprint density at radius 3 is 2.14 bits per heavy atom. The molecule has 1 aliphatic rings. The molecule has 122 valence electrons. The predicted octanol–water partition coefficient (Wildman–Crippen LogP) is 0.791. The highest BCUT2D eigenvalue weighted by Gasteiger charge is 2.48. The molecule has 0 saturated heterocycles. The van der Waals surface area contributed by atoms with E-state index in [-0.39, 0.29) is 5.92 Å². The lowest BCUT2D eigenvalue weighted by atomic mass is 9.89. The fraction of sp³-hybridized carbons (Fsp3) is 0.818. The van der Waals surface area contributed by atoms with Crippen LogP contribution in [0.2, 0.25) is 0 Å². The molecule has 21 heavy (non-hydrogen) atoms. The van der Waals surface area contributed by atoms with Crippen molar-refractivity contribution < 1.29 is 40.8 Å². The second-order valence-corrected chi connectivity index (χ2v) is 6.03. The van der Waals surface area contributed by atoms with Gasteiger partial charge >= 0.3 is 17.2 Å². The van der Waals surface area contributed by atoms with Crippen LogP contribution < -0.4 is 0 Å². The largest absolute Gasteiger partial charge is 0.743 e. The van der Waals surface area contributed by atoms with Crippen LogP contribution in [0, 0.1) is 5.92 Å². The normalized spacial score (nSPS) is 17.3. The standard InChI is InChI=1S/C11H16F2O7S/c12-11(13,21(16,17)18)10(15)20-7-6-19-9(14)8-4-2-1-3-5-8/h8H,1-7H2,(H,16,17,18)/p-1. The molecule has 1 rings (SSSR count). The average molecular weight is 329 g/mol. The molecule has 0 radical (unpaired) electrons. The second kappa shape index (κ2) is 7.12. The summed E-state index contributed by atoms with van der Waals surface area (Å²) in [6.07, 6.45) is 4.22. The zero-order chi connectivity index (χ0) is 16.1. The monoisotopic (exact) mass is 329 g/mol. The minimum absolute atomic E-state index is 0.252. The van der Waals surface area contributed by atoms with Crippen LogP contribution in [0.3, 0.4) is 0 Å². The molecular weight excluding hydrogens is 314 g/mol. The van der Waals surface area contributed by atoms with Crippen molar-refractivity contribution >= 4 is 22.1 Å². The average Bonchev–Trinajstić information content (AvgIpc) is 2.42. The Labute approximate surface area is 120 Å². The molecule has 0 aromatic rings. The second-order valence-electron chi connectivity index (χ2n) is 4.61. The molecule has 0 N–H and O–H groups in total. The van der Waals surface area contributed by atoms with Gasteiger partial charge in [0.1, 0.15) is 13.2 Å². The summed E-state index contributed by atoms with van der Waals surface area (Å²) in [5.41, 5.74) is 0. The molecule has 0 spiro atoms. The van der Waals surface area contributed by atoms with Crippen molar-refractivity contribution in [3.05, 3.63) is 0 Å². The van der Waals surface area contributed by atoms with Gasteiger partial charge in [-0.1, -0.05) is 19.3 Å². The number of carbonyl (C=O) groups is 2. The maximum absolute atomic E-state index is 12.7. The molecule has 0 amide bonds. The minimum Gasteiger partial charge on any atom is -0.743 e. The first-order valence-corrected chi connectivity index (χ1v) is 7.74. The number of hydrogen-bond acceptors (Lipinski definition) is 7. The Bertz CT molecular complexity index is 483. The third-order valence-corrected chi connectivity index (χ3v) is 3.85. The number of ether oxygens (including phenoxy) is 2. The Balaban J connectivity index is 2.31. The molecule has 0 aromatic carbocycles. The molecule has 0 aromatic heterocycles. The summed E-state index contributed by atoms with van der Waals surface area (Å²) in [7, 11) is -6.14. The molecule has 1 saturated carbocycles. The van der Waals surface area contributed by atoms with Crippen molar-refractivity contribution in [2.45, 2.75) is 37.4 Å². The summed E-state index contributed by atoms with van der Waals surface area (Å²) >= 11 is 0. The van der Waals surface area contributed by atoms with Crippen LogP contribution in [-0.4, -0.2) is 43.4 Å². The van der Waals surface area contributed by atoms with E-state index in [9.17, 15) is 31.3 Å². The lowest BCUT2D eigenvalue weighted by Gasteiger charge is -2.20. The summed E-state index contributed by atoms with van der Waals surface area (Å²) in [6, 6.07) is 0. The van der Waals surface area contributed by atoms with Gasteiger partial charge in [-0.25, -0.2) is 13.2 Å². The zero-order valence-corrected chi connectivity index (χ0v) is 11.9. The number of alkyl halides is 2. The van der Waals surface area contributed by atoms with Crippen LogP contribution in [0.1, 0.15) is 32.1 Å².